The molecule has 1 aromatic carbocycles. The van der Waals surface area contributed by atoms with Crippen LogP contribution in [0.2, 0.25) is 0 Å². The number of rotatable bonds is 5. The van der Waals surface area contributed by atoms with Gasteiger partial charge in [0, 0.05) is 67.5 Å². The van der Waals surface area contributed by atoms with Gasteiger partial charge in [-0.3, -0.25) is 19.3 Å². The summed E-state index contributed by atoms with van der Waals surface area (Å²) in [7, 11) is 1.87. The predicted octanol–water partition coefficient (Wildman–Crippen LogP) is 3.43. The van der Waals surface area contributed by atoms with E-state index in [4.69, 9.17) is 0 Å². The number of carbonyl (C=O) groups excluding carboxylic acids is 2. The van der Waals surface area contributed by atoms with Gasteiger partial charge in [0.25, 0.3) is 0 Å². The van der Waals surface area contributed by atoms with Gasteiger partial charge >= 0.3 is 0 Å². The highest BCUT2D eigenvalue weighted by Gasteiger charge is 2.34. The second-order valence-corrected chi connectivity index (χ2v) is 8.46. The first kappa shape index (κ1) is 20.2. The molecule has 0 saturated heterocycles. The smallest absolute Gasteiger partial charge is 0.248 e. The highest BCUT2D eigenvalue weighted by molar-refractivity contribution is 6.02. The van der Waals surface area contributed by atoms with E-state index in [9.17, 15) is 9.59 Å². The van der Waals surface area contributed by atoms with Gasteiger partial charge in [-0.15, -0.1) is 0 Å². The molecule has 0 bridgehead atoms. The molecule has 1 aliphatic carbocycles. The van der Waals surface area contributed by atoms with Crippen LogP contribution in [0, 0.1) is 5.92 Å². The van der Waals surface area contributed by atoms with Gasteiger partial charge < -0.3 is 10.2 Å². The highest BCUT2D eigenvalue weighted by Crippen LogP contribution is 2.33. The maximum absolute atomic E-state index is 12.6. The largest absolute Gasteiger partial charge is 0.338 e. The minimum Gasteiger partial charge on any atom is -0.338 e. The average Bonchev–Trinajstić information content (AvgIpc) is 3.57. The lowest BCUT2D eigenvalue weighted by Crippen LogP contribution is -2.36. The molecule has 3 heterocycles. The summed E-state index contributed by atoms with van der Waals surface area (Å²) in [4.78, 5) is 31.1. The van der Waals surface area contributed by atoms with Crippen molar-refractivity contribution in [1.82, 2.24) is 19.7 Å². The van der Waals surface area contributed by atoms with Crippen molar-refractivity contribution < 1.29 is 9.59 Å². The highest BCUT2D eigenvalue weighted by atomic mass is 16.2. The van der Waals surface area contributed by atoms with E-state index >= 15 is 0 Å². The van der Waals surface area contributed by atoms with E-state index in [0.29, 0.717) is 6.54 Å². The average molecular weight is 428 g/mol. The van der Waals surface area contributed by atoms with Crippen LogP contribution < -0.4 is 5.32 Å². The van der Waals surface area contributed by atoms with Crippen LogP contribution >= 0.6 is 0 Å². The molecule has 7 heteroatoms. The number of pyridine rings is 1. The fourth-order valence-corrected chi connectivity index (χ4v) is 4.12. The molecule has 7 nitrogen and oxygen atoms in total. The Bertz CT molecular complexity index is 1210. The Balaban J connectivity index is 1.28. The molecule has 32 heavy (non-hydrogen) atoms. The van der Waals surface area contributed by atoms with Crippen molar-refractivity contribution in [3.05, 3.63) is 71.8 Å². The third kappa shape index (κ3) is 4.32. The number of aromatic nitrogens is 3. The molecule has 5 rings (SSSR count). The number of hydrogen-bond donors (Lipinski definition) is 1. The summed E-state index contributed by atoms with van der Waals surface area (Å²) >= 11 is 0. The molecule has 3 aromatic rings. The second-order valence-electron chi connectivity index (χ2n) is 8.46. The van der Waals surface area contributed by atoms with Crippen molar-refractivity contribution in [2.75, 3.05) is 11.9 Å². The zero-order valence-corrected chi connectivity index (χ0v) is 18.0. The Labute approximate surface area is 186 Å². The molecule has 1 N–H and O–H groups in total. The fraction of sp³-hybridized carbons (Fsp3) is 0.280. The number of nitrogens with one attached hydrogen (secondary N) is 1. The molecular weight excluding hydrogens is 402 g/mol. The Hall–Kier alpha value is -3.74. The third-order valence-electron chi connectivity index (χ3n) is 6.01. The Morgan fingerprint density at radius 2 is 2.03 bits per heavy atom. The quantitative estimate of drug-likeness (QED) is 0.633. The lowest BCUT2D eigenvalue weighted by Gasteiger charge is -2.29. The van der Waals surface area contributed by atoms with E-state index in [1.165, 1.54) is 11.6 Å². The third-order valence-corrected chi connectivity index (χ3v) is 6.01. The molecule has 2 amide bonds. The minimum absolute atomic E-state index is 0.215. The summed E-state index contributed by atoms with van der Waals surface area (Å²) in [5.41, 5.74) is 5.86. The van der Waals surface area contributed by atoms with Crippen molar-refractivity contribution in [3.63, 3.8) is 0 Å². The van der Waals surface area contributed by atoms with Crippen LogP contribution in [0.5, 0.6) is 0 Å². The maximum Gasteiger partial charge on any atom is 0.248 e. The van der Waals surface area contributed by atoms with Crippen molar-refractivity contribution in [2.24, 2.45) is 13.0 Å². The minimum atomic E-state index is -0.215. The summed E-state index contributed by atoms with van der Waals surface area (Å²) < 4.78 is 1.74. The Morgan fingerprint density at radius 1 is 1.16 bits per heavy atom. The molecule has 0 unspecified atom stereocenters. The van der Waals surface area contributed by atoms with Gasteiger partial charge in [0.15, 0.2) is 0 Å². The van der Waals surface area contributed by atoms with Crippen LogP contribution in [0.1, 0.15) is 29.5 Å². The van der Waals surface area contributed by atoms with Crippen molar-refractivity contribution >= 4 is 23.6 Å². The lowest BCUT2D eigenvalue weighted by atomic mass is 9.98. The fourth-order valence-electron chi connectivity index (χ4n) is 4.12. The number of anilines is 1. The summed E-state index contributed by atoms with van der Waals surface area (Å²) in [5.74, 6) is 0.287. The number of aryl methyl sites for hydroxylation is 1. The molecule has 1 aliphatic heterocycles. The first-order valence-electron chi connectivity index (χ1n) is 10.9. The summed E-state index contributed by atoms with van der Waals surface area (Å²) in [6.07, 6.45) is 13.3. The van der Waals surface area contributed by atoms with Gasteiger partial charge in [0.05, 0.1) is 6.20 Å². The molecule has 1 saturated carbocycles. The van der Waals surface area contributed by atoms with E-state index in [-0.39, 0.29) is 17.7 Å². The van der Waals surface area contributed by atoms with E-state index in [2.05, 4.69) is 21.5 Å². The number of amides is 2. The van der Waals surface area contributed by atoms with Crippen LogP contribution in [-0.4, -0.2) is 38.0 Å². The summed E-state index contributed by atoms with van der Waals surface area (Å²) in [6.45, 7) is 1.40. The Morgan fingerprint density at radius 3 is 2.81 bits per heavy atom. The zero-order chi connectivity index (χ0) is 22.1. The van der Waals surface area contributed by atoms with Crippen molar-refractivity contribution in [2.45, 2.75) is 25.8 Å². The number of nitrogens with zero attached hydrogens (tertiary/aromatic N) is 4. The SMILES string of the molecule is Cn1cc(-c2ccncc2/C=C/C(=O)Nc2ccc3c(c2)CN(C(=O)C2CC2)CC3)cn1. The molecule has 2 aliphatic rings. The monoisotopic (exact) mass is 427 g/mol. The normalized spacial score (nSPS) is 15.6. The second kappa shape index (κ2) is 8.42. The number of fused-ring (bicyclic) bond motifs is 1. The first-order valence-corrected chi connectivity index (χ1v) is 10.9. The molecule has 162 valence electrons. The van der Waals surface area contributed by atoms with Crippen LogP contribution in [0.15, 0.2) is 55.1 Å². The van der Waals surface area contributed by atoms with Crippen LogP contribution in [-0.2, 0) is 29.6 Å². The number of benzene rings is 1. The molecule has 0 spiro atoms. The zero-order valence-electron chi connectivity index (χ0n) is 18.0. The van der Waals surface area contributed by atoms with Crippen molar-refractivity contribution in [1.29, 1.82) is 0 Å². The molecule has 0 radical (unpaired) electrons. The predicted molar refractivity (Wildman–Crippen MR) is 122 cm³/mol. The summed E-state index contributed by atoms with van der Waals surface area (Å²) in [5, 5.41) is 7.16. The van der Waals surface area contributed by atoms with Gasteiger partial charge in [-0.05, 0) is 60.2 Å². The van der Waals surface area contributed by atoms with Crippen LogP contribution in [0.3, 0.4) is 0 Å². The summed E-state index contributed by atoms with van der Waals surface area (Å²) in [6, 6.07) is 7.87. The van der Waals surface area contributed by atoms with Gasteiger partial charge in [-0.2, -0.15) is 5.10 Å². The standard InChI is InChI=1S/C25H25N5O2/c1-29-15-21(14-27-29)23-8-10-26-13-19(23)5-7-24(31)28-22-6-4-17-9-11-30(16-20(17)12-22)25(32)18-2-3-18/h4-8,10,12-15,18H,2-3,9,11,16H2,1H3,(H,28,31)/b7-5+. The molecular formula is C25H25N5O2. The van der Waals surface area contributed by atoms with Gasteiger partial charge in [0.2, 0.25) is 11.8 Å². The first-order chi connectivity index (χ1) is 15.6. The molecule has 2 aromatic heterocycles. The Kier molecular flexibility index (Phi) is 5.31. The molecule has 0 atom stereocenters. The molecule has 1 fully saturated rings. The van der Waals surface area contributed by atoms with E-state index < -0.39 is 0 Å². The lowest BCUT2D eigenvalue weighted by molar-refractivity contribution is -0.133. The maximum atomic E-state index is 12.6. The van der Waals surface area contributed by atoms with Gasteiger partial charge in [-0.25, -0.2) is 0 Å². The van der Waals surface area contributed by atoms with E-state index in [0.717, 1.165) is 53.7 Å². The van der Waals surface area contributed by atoms with Crippen molar-refractivity contribution in [3.8, 4) is 11.1 Å². The van der Waals surface area contributed by atoms with Gasteiger partial charge in [-0.1, -0.05) is 6.07 Å². The van der Waals surface area contributed by atoms with Crippen LogP contribution in [0.4, 0.5) is 5.69 Å². The number of hydrogen-bond acceptors (Lipinski definition) is 4. The van der Waals surface area contributed by atoms with Crippen LogP contribution in [0.25, 0.3) is 17.2 Å². The van der Waals surface area contributed by atoms with E-state index in [1.54, 1.807) is 29.3 Å². The number of carbonyl (C=O) groups is 2. The topological polar surface area (TPSA) is 80.1 Å². The van der Waals surface area contributed by atoms with Gasteiger partial charge in [0.1, 0.15) is 0 Å². The van der Waals surface area contributed by atoms with E-state index in [1.807, 2.05) is 36.3 Å².